The predicted molar refractivity (Wildman–Crippen MR) is 77.6 cm³/mol. The molecular formula is C15H19ClN2O. The van der Waals surface area contributed by atoms with Crippen LogP contribution < -0.4 is 0 Å². The number of nitrogens with zero attached hydrogens (tertiary/aromatic N) is 2. The van der Waals surface area contributed by atoms with Crippen LogP contribution in [0.2, 0.25) is 5.02 Å². The molecule has 0 radical (unpaired) electrons. The molecule has 102 valence electrons. The van der Waals surface area contributed by atoms with Crippen molar-refractivity contribution in [2.24, 2.45) is 7.05 Å². The molecule has 1 atom stereocenters. The Kier molecular flexibility index (Phi) is 4.61. The molecule has 1 unspecified atom stereocenters. The summed E-state index contributed by atoms with van der Waals surface area (Å²) in [4.78, 5) is 0. The van der Waals surface area contributed by atoms with E-state index < -0.39 is 0 Å². The van der Waals surface area contributed by atoms with Gasteiger partial charge in [-0.3, -0.25) is 4.68 Å². The Bertz CT molecular complexity index is 537. The SMILES string of the molecule is CCc1nn(C)c(CC(CO)c2ccccc2)c1Cl. The predicted octanol–water partition coefficient (Wildman–Crippen LogP) is 2.95. The zero-order valence-corrected chi connectivity index (χ0v) is 12.1. The van der Waals surface area contributed by atoms with Gasteiger partial charge in [-0.25, -0.2) is 0 Å². The van der Waals surface area contributed by atoms with Gasteiger partial charge in [-0.2, -0.15) is 5.10 Å². The molecule has 1 N–H and O–H groups in total. The van der Waals surface area contributed by atoms with E-state index in [1.165, 1.54) is 0 Å². The van der Waals surface area contributed by atoms with Gasteiger partial charge >= 0.3 is 0 Å². The van der Waals surface area contributed by atoms with Crippen molar-refractivity contribution in [2.45, 2.75) is 25.7 Å². The lowest BCUT2D eigenvalue weighted by atomic mass is 9.95. The van der Waals surface area contributed by atoms with Crippen LogP contribution in [-0.2, 0) is 19.9 Å². The van der Waals surface area contributed by atoms with Crippen LogP contribution in [0.15, 0.2) is 30.3 Å². The molecule has 0 aliphatic carbocycles. The monoisotopic (exact) mass is 278 g/mol. The standard InChI is InChI=1S/C15H19ClN2O/c1-3-13-15(16)14(18(2)17-13)9-12(10-19)11-7-5-4-6-8-11/h4-8,12,19H,3,9-10H2,1-2H3. The van der Waals surface area contributed by atoms with Crippen molar-refractivity contribution in [3.05, 3.63) is 52.3 Å². The Morgan fingerprint density at radius 1 is 1.32 bits per heavy atom. The highest BCUT2D eigenvalue weighted by atomic mass is 35.5. The van der Waals surface area contributed by atoms with Gasteiger partial charge in [0.05, 0.1) is 23.0 Å². The first-order valence-corrected chi connectivity index (χ1v) is 6.91. The van der Waals surface area contributed by atoms with Crippen molar-refractivity contribution in [3.63, 3.8) is 0 Å². The largest absolute Gasteiger partial charge is 0.396 e. The number of hydrogen-bond acceptors (Lipinski definition) is 2. The number of aliphatic hydroxyl groups excluding tert-OH is 1. The average molecular weight is 279 g/mol. The van der Waals surface area contributed by atoms with E-state index in [-0.39, 0.29) is 12.5 Å². The lowest BCUT2D eigenvalue weighted by Gasteiger charge is -2.15. The van der Waals surface area contributed by atoms with Crippen LogP contribution in [0.25, 0.3) is 0 Å². The summed E-state index contributed by atoms with van der Waals surface area (Å²) in [7, 11) is 1.90. The molecule has 0 saturated carbocycles. The van der Waals surface area contributed by atoms with Gasteiger partial charge in [0.2, 0.25) is 0 Å². The molecule has 1 aromatic carbocycles. The van der Waals surface area contributed by atoms with Crippen LogP contribution in [0.4, 0.5) is 0 Å². The van der Waals surface area contributed by atoms with Crippen molar-refractivity contribution in [3.8, 4) is 0 Å². The number of aliphatic hydroxyl groups is 1. The van der Waals surface area contributed by atoms with Crippen molar-refractivity contribution in [1.29, 1.82) is 0 Å². The molecule has 2 rings (SSSR count). The Balaban J connectivity index is 2.26. The molecule has 1 aromatic heterocycles. The van der Waals surface area contributed by atoms with Gasteiger partial charge in [0.1, 0.15) is 0 Å². The van der Waals surface area contributed by atoms with E-state index >= 15 is 0 Å². The summed E-state index contributed by atoms with van der Waals surface area (Å²) < 4.78 is 1.83. The summed E-state index contributed by atoms with van der Waals surface area (Å²) in [5.41, 5.74) is 3.03. The van der Waals surface area contributed by atoms with Crippen LogP contribution in [0.3, 0.4) is 0 Å². The maximum atomic E-state index is 9.61. The second-order valence-electron chi connectivity index (χ2n) is 4.68. The molecule has 0 spiro atoms. The number of benzene rings is 1. The molecular weight excluding hydrogens is 260 g/mol. The summed E-state index contributed by atoms with van der Waals surface area (Å²) >= 11 is 6.35. The second-order valence-corrected chi connectivity index (χ2v) is 5.06. The normalized spacial score (nSPS) is 12.6. The maximum Gasteiger partial charge on any atom is 0.0849 e. The first-order valence-electron chi connectivity index (χ1n) is 6.53. The van der Waals surface area contributed by atoms with E-state index in [1.54, 1.807) is 0 Å². The first-order chi connectivity index (χ1) is 9.17. The van der Waals surface area contributed by atoms with Gasteiger partial charge in [-0.1, -0.05) is 48.9 Å². The van der Waals surface area contributed by atoms with Crippen molar-refractivity contribution in [1.82, 2.24) is 9.78 Å². The third kappa shape index (κ3) is 2.99. The molecule has 0 amide bonds. The van der Waals surface area contributed by atoms with E-state index in [0.29, 0.717) is 6.42 Å². The van der Waals surface area contributed by atoms with Crippen molar-refractivity contribution < 1.29 is 5.11 Å². The third-order valence-corrected chi connectivity index (χ3v) is 3.87. The van der Waals surface area contributed by atoms with Crippen LogP contribution in [0, 0.1) is 0 Å². The average Bonchev–Trinajstić information content (AvgIpc) is 2.72. The minimum atomic E-state index is 0.0545. The first kappa shape index (κ1) is 14.1. The second kappa shape index (κ2) is 6.22. The quantitative estimate of drug-likeness (QED) is 0.913. The zero-order chi connectivity index (χ0) is 13.8. The van der Waals surface area contributed by atoms with E-state index in [9.17, 15) is 5.11 Å². The minimum absolute atomic E-state index is 0.0545. The van der Waals surface area contributed by atoms with Crippen molar-refractivity contribution in [2.75, 3.05) is 6.61 Å². The lowest BCUT2D eigenvalue weighted by Crippen LogP contribution is -2.11. The molecule has 0 saturated heterocycles. The fourth-order valence-corrected chi connectivity index (χ4v) is 2.66. The van der Waals surface area contributed by atoms with E-state index in [4.69, 9.17) is 11.6 Å². The number of hydrogen-bond donors (Lipinski definition) is 1. The van der Waals surface area contributed by atoms with E-state index in [1.807, 2.05) is 49.0 Å². The molecule has 0 fully saturated rings. The summed E-state index contributed by atoms with van der Waals surface area (Å²) in [6, 6.07) is 10.0. The van der Waals surface area contributed by atoms with Crippen LogP contribution >= 0.6 is 11.6 Å². The topological polar surface area (TPSA) is 38.0 Å². The highest BCUT2D eigenvalue weighted by Crippen LogP contribution is 2.27. The highest BCUT2D eigenvalue weighted by molar-refractivity contribution is 6.31. The Morgan fingerprint density at radius 2 is 2.00 bits per heavy atom. The molecule has 3 nitrogen and oxygen atoms in total. The van der Waals surface area contributed by atoms with Gasteiger partial charge in [0, 0.05) is 13.0 Å². The highest BCUT2D eigenvalue weighted by Gasteiger charge is 2.18. The molecule has 0 aliphatic heterocycles. The molecule has 0 bridgehead atoms. The molecule has 2 aromatic rings. The van der Waals surface area contributed by atoms with Crippen LogP contribution in [0.5, 0.6) is 0 Å². The number of aryl methyl sites for hydroxylation is 2. The summed E-state index contributed by atoms with van der Waals surface area (Å²) in [5.74, 6) is 0.0545. The van der Waals surface area contributed by atoms with Gasteiger partial charge < -0.3 is 5.11 Å². The Hall–Kier alpha value is -1.32. The smallest absolute Gasteiger partial charge is 0.0849 e. The van der Waals surface area contributed by atoms with E-state index in [0.717, 1.165) is 28.4 Å². The van der Waals surface area contributed by atoms with E-state index in [2.05, 4.69) is 5.10 Å². The fraction of sp³-hybridized carbons (Fsp3) is 0.400. The Labute approximate surface area is 118 Å². The number of halogens is 1. The molecule has 19 heavy (non-hydrogen) atoms. The summed E-state index contributed by atoms with van der Waals surface area (Å²) in [6.07, 6.45) is 1.52. The molecule has 0 aliphatic rings. The van der Waals surface area contributed by atoms with Gasteiger partial charge in [-0.05, 0) is 18.4 Å². The number of aromatic nitrogens is 2. The minimum Gasteiger partial charge on any atom is -0.396 e. The summed E-state index contributed by atoms with van der Waals surface area (Å²) in [5, 5.41) is 14.8. The maximum absolute atomic E-state index is 9.61. The Morgan fingerprint density at radius 3 is 2.53 bits per heavy atom. The number of rotatable bonds is 5. The van der Waals surface area contributed by atoms with Crippen molar-refractivity contribution >= 4 is 11.6 Å². The third-order valence-electron chi connectivity index (χ3n) is 3.43. The molecule has 4 heteroatoms. The lowest BCUT2D eigenvalue weighted by molar-refractivity contribution is 0.263. The zero-order valence-electron chi connectivity index (χ0n) is 11.3. The van der Waals surface area contributed by atoms with Gasteiger partial charge in [0.25, 0.3) is 0 Å². The van der Waals surface area contributed by atoms with Gasteiger partial charge in [0.15, 0.2) is 0 Å². The van der Waals surface area contributed by atoms with Crippen LogP contribution in [-0.4, -0.2) is 21.5 Å². The fourth-order valence-electron chi connectivity index (χ4n) is 2.29. The molecule has 1 heterocycles. The van der Waals surface area contributed by atoms with Gasteiger partial charge in [-0.15, -0.1) is 0 Å². The van der Waals surface area contributed by atoms with Crippen LogP contribution in [0.1, 0.15) is 29.8 Å². The summed E-state index contributed by atoms with van der Waals surface area (Å²) in [6.45, 7) is 2.14.